The van der Waals surface area contributed by atoms with Crippen molar-refractivity contribution in [1.29, 1.82) is 0 Å². The van der Waals surface area contributed by atoms with E-state index in [4.69, 9.17) is 0 Å². The van der Waals surface area contributed by atoms with Crippen LogP contribution in [0.25, 0.3) is 0 Å². The van der Waals surface area contributed by atoms with Crippen LogP contribution in [0.5, 0.6) is 0 Å². The molecule has 3 aliphatic carbocycles. The molecule has 21 heavy (non-hydrogen) atoms. The lowest BCUT2D eigenvalue weighted by Gasteiger charge is -2.49. The maximum Gasteiger partial charge on any atom is 0.141 e. The molecule has 0 heterocycles. The molecular formula is C20H36O. The van der Waals surface area contributed by atoms with Gasteiger partial charge in [0.05, 0.1) is 0 Å². The first-order valence-electron chi connectivity index (χ1n) is 9.05. The van der Waals surface area contributed by atoms with Crippen LogP contribution >= 0.6 is 0 Å². The second-order valence-electron chi connectivity index (χ2n) is 10.3. The molecule has 1 heteroatoms. The Morgan fingerprint density at radius 3 is 1.86 bits per heavy atom. The van der Waals surface area contributed by atoms with Gasteiger partial charge < -0.3 is 0 Å². The number of rotatable bonds is 4. The smallest absolute Gasteiger partial charge is 0.141 e. The molecule has 3 fully saturated rings. The van der Waals surface area contributed by atoms with Crippen molar-refractivity contribution < 1.29 is 4.79 Å². The second kappa shape index (κ2) is 5.70. The van der Waals surface area contributed by atoms with Crippen molar-refractivity contribution in [3.63, 3.8) is 0 Å². The topological polar surface area (TPSA) is 17.1 Å². The number of carbonyl (C=O) groups is 1. The molecule has 0 N–H and O–H groups in total. The van der Waals surface area contributed by atoms with Gasteiger partial charge in [-0.3, -0.25) is 4.79 Å². The Morgan fingerprint density at radius 2 is 1.48 bits per heavy atom. The van der Waals surface area contributed by atoms with Crippen LogP contribution in [0.2, 0.25) is 0 Å². The van der Waals surface area contributed by atoms with E-state index in [0.29, 0.717) is 11.2 Å². The normalized spacial score (nSPS) is 31.2. The van der Waals surface area contributed by atoms with Gasteiger partial charge in [-0.2, -0.15) is 0 Å². The third-order valence-corrected chi connectivity index (χ3v) is 5.90. The molecule has 1 atom stereocenters. The van der Waals surface area contributed by atoms with Crippen molar-refractivity contribution in [2.75, 3.05) is 0 Å². The van der Waals surface area contributed by atoms with Crippen molar-refractivity contribution in [3.8, 4) is 0 Å². The SMILES string of the molecule is CC(C)(C)C[C@@H](CC12CCC(CC1)CC2)C(=O)C(C)(C)C. The fourth-order valence-corrected chi connectivity index (χ4v) is 4.78. The van der Waals surface area contributed by atoms with Gasteiger partial charge in [0.2, 0.25) is 0 Å². The monoisotopic (exact) mass is 292 g/mol. The molecule has 0 amide bonds. The number of ketones is 1. The summed E-state index contributed by atoms with van der Waals surface area (Å²) in [4.78, 5) is 13.0. The van der Waals surface area contributed by atoms with Crippen LogP contribution in [0.3, 0.4) is 0 Å². The van der Waals surface area contributed by atoms with Crippen LogP contribution in [0.15, 0.2) is 0 Å². The third-order valence-electron chi connectivity index (χ3n) is 5.90. The quantitative estimate of drug-likeness (QED) is 0.619. The van der Waals surface area contributed by atoms with E-state index in [2.05, 4.69) is 41.5 Å². The summed E-state index contributed by atoms with van der Waals surface area (Å²) in [5, 5.41) is 0. The van der Waals surface area contributed by atoms with Gasteiger partial charge in [0.1, 0.15) is 5.78 Å². The van der Waals surface area contributed by atoms with Crippen molar-refractivity contribution in [2.24, 2.45) is 28.1 Å². The molecule has 0 saturated heterocycles. The summed E-state index contributed by atoms with van der Waals surface area (Å²) in [6, 6.07) is 0. The van der Waals surface area contributed by atoms with Gasteiger partial charge in [-0.1, -0.05) is 41.5 Å². The fraction of sp³-hybridized carbons (Fsp3) is 0.950. The Hall–Kier alpha value is -0.330. The molecular weight excluding hydrogens is 256 g/mol. The summed E-state index contributed by atoms with van der Waals surface area (Å²) in [7, 11) is 0. The van der Waals surface area contributed by atoms with Gasteiger partial charge in [0.25, 0.3) is 0 Å². The molecule has 3 aliphatic rings. The molecule has 122 valence electrons. The van der Waals surface area contributed by atoms with Gasteiger partial charge in [-0.15, -0.1) is 0 Å². The maximum atomic E-state index is 13.0. The zero-order valence-corrected chi connectivity index (χ0v) is 15.2. The Balaban J connectivity index is 2.13. The lowest BCUT2D eigenvalue weighted by atomic mass is 9.56. The zero-order chi connectivity index (χ0) is 15.9. The highest BCUT2D eigenvalue weighted by atomic mass is 16.1. The van der Waals surface area contributed by atoms with Gasteiger partial charge in [0.15, 0.2) is 0 Å². The molecule has 0 aromatic carbocycles. The summed E-state index contributed by atoms with van der Waals surface area (Å²) >= 11 is 0. The predicted octanol–water partition coefficient (Wildman–Crippen LogP) is 6.01. The van der Waals surface area contributed by atoms with Crippen molar-refractivity contribution in [2.45, 2.75) is 92.9 Å². The van der Waals surface area contributed by atoms with E-state index >= 15 is 0 Å². The largest absolute Gasteiger partial charge is 0.299 e. The van der Waals surface area contributed by atoms with Crippen molar-refractivity contribution in [1.82, 2.24) is 0 Å². The molecule has 2 bridgehead atoms. The number of carbonyl (C=O) groups excluding carboxylic acids is 1. The molecule has 0 unspecified atom stereocenters. The van der Waals surface area contributed by atoms with Gasteiger partial charge >= 0.3 is 0 Å². The van der Waals surface area contributed by atoms with E-state index in [9.17, 15) is 4.79 Å². The van der Waals surface area contributed by atoms with E-state index in [1.54, 1.807) is 0 Å². The highest BCUT2D eigenvalue weighted by Crippen LogP contribution is 2.54. The van der Waals surface area contributed by atoms with E-state index in [1.807, 2.05) is 0 Å². The zero-order valence-electron chi connectivity index (χ0n) is 15.2. The lowest BCUT2D eigenvalue weighted by Crippen LogP contribution is -2.40. The highest BCUT2D eigenvalue weighted by molar-refractivity contribution is 5.86. The molecule has 1 nitrogen and oxygen atoms in total. The van der Waals surface area contributed by atoms with Crippen molar-refractivity contribution in [3.05, 3.63) is 0 Å². The van der Waals surface area contributed by atoms with Crippen LogP contribution in [0.4, 0.5) is 0 Å². The summed E-state index contributed by atoms with van der Waals surface area (Å²) in [6.45, 7) is 13.1. The number of Topliss-reactive ketones (excluding diaryl/α,β-unsaturated/α-hetero) is 1. The standard InChI is InChI=1S/C20H36O/c1-18(2,3)13-16(17(21)19(4,5)6)14-20-10-7-15(8-11-20)9-12-20/h15-16H,7-14H2,1-6H3/t15?,16-,20?/m0/s1. The fourth-order valence-electron chi connectivity index (χ4n) is 4.78. The minimum Gasteiger partial charge on any atom is -0.299 e. The first kappa shape index (κ1) is 17.0. The molecule has 3 rings (SSSR count). The van der Waals surface area contributed by atoms with Crippen LogP contribution in [0.1, 0.15) is 92.9 Å². The first-order valence-corrected chi connectivity index (χ1v) is 9.05. The molecule has 0 aromatic rings. The van der Waals surface area contributed by atoms with Crippen LogP contribution < -0.4 is 0 Å². The Bertz CT molecular complexity index is 358. The Labute approximate surface area is 132 Å². The van der Waals surface area contributed by atoms with Crippen molar-refractivity contribution >= 4 is 5.78 Å². The second-order valence-corrected chi connectivity index (χ2v) is 10.3. The van der Waals surface area contributed by atoms with E-state index < -0.39 is 0 Å². The summed E-state index contributed by atoms with van der Waals surface area (Å²) in [6.07, 6.45) is 10.6. The molecule has 0 aromatic heterocycles. The minimum absolute atomic E-state index is 0.196. The summed E-state index contributed by atoms with van der Waals surface area (Å²) < 4.78 is 0. The molecule has 3 saturated carbocycles. The highest BCUT2D eigenvalue weighted by Gasteiger charge is 2.44. The van der Waals surface area contributed by atoms with Crippen LogP contribution in [0, 0.1) is 28.1 Å². The van der Waals surface area contributed by atoms with E-state index in [-0.39, 0.29) is 16.7 Å². The number of fused-ring (bicyclic) bond motifs is 3. The first-order chi connectivity index (χ1) is 9.51. The van der Waals surface area contributed by atoms with E-state index in [1.165, 1.54) is 38.5 Å². The Kier molecular flexibility index (Phi) is 4.63. The average Bonchev–Trinajstić information content (AvgIpc) is 2.36. The Morgan fingerprint density at radius 1 is 1.00 bits per heavy atom. The van der Waals surface area contributed by atoms with Gasteiger partial charge in [-0.25, -0.2) is 0 Å². The lowest BCUT2D eigenvalue weighted by molar-refractivity contribution is -0.133. The van der Waals surface area contributed by atoms with Gasteiger partial charge in [-0.05, 0) is 68.1 Å². The predicted molar refractivity (Wildman–Crippen MR) is 90.3 cm³/mol. The molecule has 0 spiro atoms. The molecule has 0 radical (unpaired) electrons. The van der Waals surface area contributed by atoms with E-state index in [0.717, 1.165) is 18.8 Å². The van der Waals surface area contributed by atoms with Gasteiger partial charge in [0, 0.05) is 11.3 Å². The molecule has 0 aliphatic heterocycles. The maximum absolute atomic E-state index is 13.0. The van der Waals surface area contributed by atoms with Crippen LogP contribution in [-0.2, 0) is 4.79 Å². The average molecular weight is 293 g/mol. The third kappa shape index (κ3) is 4.33. The minimum atomic E-state index is -0.196. The van der Waals surface area contributed by atoms with Crippen LogP contribution in [-0.4, -0.2) is 5.78 Å². The number of hydrogen-bond donors (Lipinski definition) is 0. The number of hydrogen-bond acceptors (Lipinski definition) is 1. The summed E-state index contributed by atoms with van der Waals surface area (Å²) in [5.74, 6) is 1.77. The summed E-state index contributed by atoms with van der Waals surface area (Å²) in [5.41, 5.74) is 0.554.